The van der Waals surface area contributed by atoms with Gasteiger partial charge in [-0.1, -0.05) is 42.5 Å². The third-order valence-electron chi connectivity index (χ3n) is 1.09. The molecule has 0 saturated heterocycles. The van der Waals surface area contributed by atoms with Gasteiger partial charge in [-0.25, -0.2) is 0 Å². The molecule has 1 rings (SSSR count). The van der Waals surface area contributed by atoms with E-state index in [9.17, 15) is 0 Å². The van der Waals surface area contributed by atoms with Crippen LogP contribution in [0, 0.1) is 6.92 Å². The summed E-state index contributed by atoms with van der Waals surface area (Å²) < 4.78 is 0. The largest absolute Gasteiger partial charge is 0.0796 e. The lowest BCUT2D eigenvalue weighted by Gasteiger charge is -1.86. The Morgan fingerprint density at radius 3 is 2.33 bits per heavy atom. The molecule has 0 bridgehead atoms. The molecule has 9 heavy (non-hydrogen) atoms. The van der Waals surface area contributed by atoms with E-state index in [0.29, 0.717) is 0 Å². The van der Waals surface area contributed by atoms with Crippen LogP contribution in [0.25, 0.3) is 6.08 Å². The zero-order chi connectivity index (χ0) is 6.53. The van der Waals surface area contributed by atoms with Gasteiger partial charge in [-0.2, -0.15) is 0 Å². The Morgan fingerprint density at radius 2 is 1.78 bits per heavy atom. The lowest BCUT2D eigenvalue weighted by molar-refractivity contribution is 1.66. The van der Waals surface area contributed by atoms with Crippen LogP contribution in [0.5, 0.6) is 0 Å². The normalized spacial score (nSPS) is 10.3. The third kappa shape index (κ3) is 1.73. The minimum atomic E-state index is 1.14. The molecular formula is C9H8. The fourth-order valence-electron chi connectivity index (χ4n) is 0.675. The highest BCUT2D eigenvalue weighted by molar-refractivity contribution is 5.48. The SMILES string of the molecule is [CH]/C=C/c1ccccc1. The van der Waals surface area contributed by atoms with Gasteiger partial charge in [0.25, 0.3) is 0 Å². The lowest BCUT2D eigenvalue weighted by atomic mass is 10.2. The van der Waals surface area contributed by atoms with Gasteiger partial charge < -0.3 is 0 Å². The summed E-state index contributed by atoms with van der Waals surface area (Å²) in [5, 5.41) is 0. The van der Waals surface area contributed by atoms with Crippen molar-refractivity contribution in [3.8, 4) is 0 Å². The molecule has 0 heteroatoms. The second kappa shape index (κ2) is 3.08. The van der Waals surface area contributed by atoms with Gasteiger partial charge in [0, 0.05) is 0 Å². The van der Waals surface area contributed by atoms with Crippen molar-refractivity contribution in [2.75, 3.05) is 0 Å². The van der Waals surface area contributed by atoms with E-state index >= 15 is 0 Å². The maximum Gasteiger partial charge on any atom is -0.00922 e. The van der Waals surface area contributed by atoms with Crippen molar-refractivity contribution in [3.63, 3.8) is 0 Å². The molecular weight excluding hydrogens is 108 g/mol. The zero-order valence-corrected chi connectivity index (χ0v) is 5.12. The number of hydrogen-bond donors (Lipinski definition) is 0. The average Bonchev–Trinajstić information content (AvgIpc) is 1.91. The molecule has 0 fully saturated rings. The van der Waals surface area contributed by atoms with E-state index in [0.717, 1.165) is 5.56 Å². The predicted octanol–water partition coefficient (Wildman–Crippen LogP) is 2.41. The first kappa shape index (κ1) is 6.09. The molecule has 0 nitrogen and oxygen atoms in total. The summed E-state index contributed by atoms with van der Waals surface area (Å²) in [6, 6.07) is 9.95. The van der Waals surface area contributed by atoms with Crippen LogP contribution in [0.2, 0.25) is 0 Å². The van der Waals surface area contributed by atoms with Crippen molar-refractivity contribution in [3.05, 3.63) is 48.9 Å². The highest BCUT2D eigenvalue weighted by Gasteiger charge is 1.77. The molecule has 0 aliphatic heterocycles. The van der Waals surface area contributed by atoms with Gasteiger partial charge in [-0.05, 0) is 12.5 Å². The van der Waals surface area contributed by atoms with E-state index in [1.165, 1.54) is 6.08 Å². The molecule has 1 aromatic carbocycles. The van der Waals surface area contributed by atoms with Crippen molar-refractivity contribution in [2.45, 2.75) is 0 Å². The zero-order valence-electron chi connectivity index (χ0n) is 5.12. The minimum Gasteiger partial charge on any atom is -0.0796 e. The van der Waals surface area contributed by atoms with Gasteiger partial charge in [0.1, 0.15) is 0 Å². The Kier molecular flexibility index (Phi) is 2.08. The fraction of sp³-hybridized carbons (Fsp3) is 0. The van der Waals surface area contributed by atoms with Gasteiger partial charge in [0.15, 0.2) is 0 Å². The van der Waals surface area contributed by atoms with Crippen molar-refractivity contribution < 1.29 is 0 Å². The van der Waals surface area contributed by atoms with Crippen molar-refractivity contribution in [2.24, 2.45) is 0 Å². The number of benzene rings is 1. The molecule has 0 atom stereocenters. The van der Waals surface area contributed by atoms with Gasteiger partial charge >= 0.3 is 0 Å². The van der Waals surface area contributed by atoms with Crippen LogP contribution in [0.3, 0.4) is 0 Å². The summed E-state index contributed by atoms with van der Waals surface area (Å²) in [5.41, 5.74) is 1.14. The van der Waals surface area contributed by atoms with E-state index < -0.39 is 0 Å². The first-order valence-corrected chi connectivity index (χ1v) is 2.87. The predicted molar refractivity (Wildman–Crippen MR) is 39.8 cm³/mol. The number of rotatable bonds is 1. The van der Waals surface area contributed by atoms with Gasteiger partial charge in [0.2, 0.25) is 0 Å². The molecule has 0 heterocycles. The van der Waals surface area contributed by atoms with Gasteiger partial charge in [0.05, 0.1) is 0 Å². The Balaban J connectivity index is 2.85. The Labute approximate surface area is 55.8 Å². The monoisotopic (exact) mass is 116 g/mol. The Morgan fingerprint density at radius 1 is 1.11 bits per heavy atom. The van der Waals surface area contributed by atoms with Crippen LogP contribution in [0.1, 0.15) is 5.56 Å². The molecule has 0 N–H and O–H groups in total. The van der Waals surface area contributed by atoms with E-state index in [-0.39, 0.29) is 0 Å². The number of allylic oxidation sites excluding steroid dienone is 1. The van der Waals surface area contributed by atoms with Crippen LogP contribution >= 0.6 is 0 Å². The number of hydrogen-bond acceptors (Lipinski definition) is 0. The summed E-state index contributed by atoms with van der Waals surface area (Å²) in [6.07, 6.45) is 3.40. The summed E-state index contributed by atoms with van der Waals surface area (Å²) in [7, 11) is 0. The molecule has 1 aromatic rings. The quantitative estimate of drug-likeness (QED) is 0.528. The molecule has 0 aromatic heterocycles. The first-order chi connectivity index (χ1) is 4.43. The molecule has 0 amide bonds. The van der Waals surface area contributed by atoms with E-state index in [1.807, 2.05) is 36.4 Å². The van der Waals surface area contributed by atoms with Crippen LogP contribution in [-0.2, 0) is 0 Å². The van der Waals surface area contributed by atoms with Crippen LogP contribution in [0.15, 0.2) is 36.4 Å². The first-order valence-electron chi connectivity index (χ1n) is 2.87. The van der Waals surface area contributed by atoms with Gasteiger partial charge in [-0.3, -0.25) is 0 Å². The second-order valence-electron chi connectivity index (χ2n) is 1.77. The highest BCUT2D eigenvalue weighted by atomic mass is 13.8. The van der Waals surface area contributed by atoms with Gasteiger partial charge in [-0.15, -0.1) is 0 Å². The topological polar surface area (TPSA) is 0 Å². The van der Waals surface area contributed by atoms with Crippen LogP contribution < -0.4 is 0 Å². The van der Waals surface area contributed by atoms with E-state index in [4.69, 9.17) is 6.92 Å². The minimum absolute atomic E-state index is 1.14. The molecule has 0 saturated carbocycles. The maximum absolute atomic E-state index is 5.18. The molecule has 44 valence electrons. The third-order valence-corrected chi connectivity index (χ3v) is 1.09. The van der Waals surface area contributed by atoms with E-state index in [2.05, 4.69) is 0 Å². The van der Waals surface area contributed by atoms with Crippen LogP contribution in [0.4, 0.5) is 0 Å². The smallest absolute Gasteiger partial charge is 0.00922 e. The maximum atomic E-state index is 5.18. The molecule has 2 radical (unpaired) electrons. The summed E-state index contributed by atoms with van der Waals surface area (Å²) in [4.78, 5) is 0. The van der Waals surface area contributed by atoms with Crippen molar-refractivity contribution in [1.82, 2.24) is 0 Å². The molecule has 0 aliphatic rings. The van der Waals surface area contributed by atoms with Crippen molar-refractivity contribution in [1.29, 1.82) is 0 Å². The lowest BCUT2D eigenvalue weighted by Crippen LogP contribution is -1.65. The second-order valence-corrected chi connectivity index (χ2v) is 1.77. The summed E-state index contributed by atoms with van der Waals surface area (Å²) >= 11 is 0. The fourth-order valence-corrected chi connectivity index (χ4v) is 0.675. The highest BCUT2D eigenvalue weighted by Crippen LogP contribution is 1.99. The van der Waals surface area contributed by atoms with Crippen LogP contribution in [-0.4, -0.2) is 0 Å². The molecule has 0 unspecified atom stereocenters. The molecule has 0 spiro atoms. The summed E-state index contributed by atoms with van der Waals surface area (Å²) in [6.45, 7) is 5.18. The Bertz CT molecular complexity index is 184. The summed E-state index contributed by atoms with van der Waals surface area (Å²) in [5.74, 6) is 0. The van der Waals surface area contributed by atoms with E-state index in [1.54, 1.807) is 0 Å². The molecule has 0 aliphatic carbocycles. The average molecular weight is 116 g/mol. The Hall–Kier alpha value is -1.04. The standard InChI is InChI=1S/C9H8/c1-2-6-9-7-4-3-5-8-9/h1-8H/b6-2+. The van der Waals surface area contributed by atoms with Crippen molar-refractivity contribution >= 4 is 6.08 Å².